The molecule has 0 fully saturated rings. The number of fused-ring (bicyclic) bond motifs is 1. The number of aryl methyl sites for hydroxylation is 1. The molecule has 2 nitrogen and oxygen atoms in total. The van der Waals surface area contributed by atoms with E-state index in [1.807, 2.05) is 6.07 Å². The van der Waals surface area contributed by atoms with Crippen LogP contribution in [0.1, 0.15) is 17.5 Å². The Morgan fingerprint density at radius 2 is 2.14 bits per heavy atom. The van der Waals surface area contributed by atoms with Gasteiger partial charge in [-0.05, 0) is 30.5 Å². The van der Waals surface area contributed by atoms with Crippen molar-refractivity contribution in [3.63, 3.8) is 0 Å². The van der Waals surface area contributed by atoms with Gasteiger partial charge in [-0.25, -0.2) is 9.18 Å². The topological polar surface area (TPSA) is 37.3 Å². The second kappa shape index (κ2) is 3.25. The fourth-order valence-corrected chi connectivity index (χ4v) is 1.65. The average molecular weight is 192 g/mol. The minimum absolute atomic E-state index is 0.280. The van der Waals surface area contributed by atoms with E-state index >= 15 is 0 Å². The molecule has 2 rings (SSSR count). The molecule has 0 spiro atoms. The van der Waals surface area contributed by atoms with Gasteiger partial charge in [0.15, 0.2) is 0 Å². The van der Waals surface area contributed by atoms with E-state index in [0.29, 0.717) is 18.4 Å². The zero-order valence-corrected chi connectivity index (χ0v) is 7.46. The van der Waals surface area contributed by atoms with Gasteiger partial charge in [0.25, 0.3) is 0 Å². The van der Waals surface area contributed by atoms with Crippen molar-refractivity contribution in [2.24, 2.45) is 0 Å². The van der Waals surface area contributed by atoms with Crippen molar-refractivity contribution in [3.05, 3.63) is 40.7 Å². The van der Waals surface area contributed by atoms with Crippen LogP contribution in [0.4, 0.5) is 4.39 Å². The van der Waals surface area contributed by atoms with Crippen molar-refractivity contribution in [2.45, 2.75) is 12.8 Å². The first kappa shape index (κ1) is 8.94. The van der Waals surface area contributed by atoms with Crippen LogP contribution in [-0.4, -0.2) is 11.1 Å². The van der Waals surface area contributed by atoms with Crippen LogP contribution in [0, 0.1) is 5.82 Å². The molecule has 0 amide bonds. The molecule has 0 radical (unpaired) electrons. The first-order valence-corrected chi connectivity index (χ1v) is 4.40. The van der Waals surface area contributed by atoms with E-state index in [1.165, 1.54) is 12.1 Å². The molecule has 0 saturated heterocycles. The van der Waals surface area contributed by atoms with Crippen molar-refractivity contribution in [2.75, 3.05) is 0 Å². The summed E-state index contributed by atoms with van der Waals surface area (Å²) in [7, 11) is 0. The lowest BCUT2D eigenvalue weighted by Crippen LogP contribution is -2.08. The normalized spacial score (nSPS) is 14.5. The molecule has 3 heteroatoms. The molecule has 0 aliphatic heterocycles. The quantitative estimate of drug-likeness (QED) is 0.740. The molecule has 0 unspecified atom stereocenters. The second-order valence-electron chi connectivity index (χ2n) is 3.29. The van der Waals surface area contributed by atoms with Gasteiger partial charge >= 0.3 is 5.97 Å². The number of rotatable bonds is 1. The number of hydrogen-bond acceptors (Lipinski definition) is 1. The highest BCUT2D eigenvalue weighted by Crippen LogP contribution is 2.25. The largest absolute Gasteiger partial charge is 0.478 e. The third-order valence-corrected chi connectivity index (χ3v) is 2.40. The molecule has 0 bridgehead atoms. The predicted octanol–water partition coefficient (Wildman–Crippen LogP) is 2.24. The number of carboxylic acid groups (broad SMARTS) is 1. The van der Waals surface area contributed by atoms with E-state index in [9.17, 15) is 9.18 Å². The predicted molar refractivity (Wildman–Crippen MR) is 50.3 cm³/mol. The van der Waals surface area contributed by atoms with E-state index in [0.717, 1.165) is 5.56 Å². The van der Waals surface area contributed by atoms with E-state index in [-0.39, 0.29) is 11.4 Å². The first-order valence-electron chi connectivity index (χ1n) is 4.40. The Morgan fingerprint density at radius 1 is 1.36 bits per heavy atom. The molecule has 1 aromatic rings. The van der Waals surface area contributed by atoms with Crippen molar-refractivity contribution < 1.29 is 14.3 Å². The van der Waals surface area contributed by atoms with Crippen LogP contribution in [0.5, 0.6) is 0 Å². The number of carboxylic acids is 1. The molecule has 72 valence electrons. The van der Waals surface area contributed by atoms with Crippen LogP contribution < -0.4 is 0 Å². The van der Waals surface area contributed by atoms with Crippen molar-refractivity contribution in [1.29, 1.82) is 0 Å². The summed E-state index contributed by atoms with van der Waals surface area (Å²) in [5, 5.41) is 8.76. The fourth-order valence-electron chi connectivity index (χ4n) is 1.65. The molecule has 0 atom stereocenters. The third kappa shape index (κ3) is 1.41. The van der Waals surface area contributed by atoms with Gasteiger partial charge in [-0.3, -0.25) is 0 Å². The van der Waals surface area contributed by atoms with Gasteiger partial charge < -0.3 is 5.11 Å². The second-order valence-corrected chi connectivity index (χ2v) is 3.29. The molecular formula is C11H9FO2. The highest BCUT2D eigenvalue weighted by Gasteiger charge is 2.17. The summed E-state index contributed by atoms with van der Waals surface area (Å²) in [5.74, 6) is -1.31. The SMILES string of the molecule is O=C(O)C1=Cc2c(F)cccc2CC1. The number of hydrogen-bond donors (Lipinski definition) is 1. The molecule has 1 aliphatic carbocycles. The monoisotopic (exact) mass is 192 g/mol. The highest BCUT2D eigenvalue weighted by molar-refractivity contribution is 5.93. The lowest BCUT2D eigenvalue weighted by atomic mass is 9.92. The molecule has 0 heterocycles. The van der Waals surface area contributed by atoms with Gasteiger partial charge in [0, 0.05) is 11.1 Å². The van der Waals surface area contributed by atoms with Gasteiger partial charge in [-0.2, -0.15) is 0 Å². The summed E-state index contributed by atoms with van der Waals surface area (Å²) in [6.07, 6.45) is 2.51. The Labute approximate surface area is 80.7 Å². The van der Waals surface area contributed by atoms with Crippen LogP contribution in [0.15, 0.2) is 23.8 Å². The van der Waals surface area contributed by atoms with Gasteiger partial charge in [0.1, 0.15) is 5.82 Å². The number of halogens is 1. The van der Waals surface area contributed by atoms with Gasteiger partial charge in [0.2, 0.25) is 0 Å². The maximum atomic E-state index is 13.3. The maximum Gasteiger partial charge on any atom is 0.331 e. The Kier molecular flexibility index (Phi) is 2.08. The number of benzene rings is 1. The average Bonchev–Trinajstić information content (AvgIpc) is 2.18. The number of carbonyl (C=O) groups is 1. The van der Waals surface area contributed by atoms with Crippen LogP contribution in [-0.2, 0) is 11.2 Å². The summed E-state index contributed by atoms with van der Waals surface area (Å²) in [6.45, 7) is 0. The Hall–Kier alpha value is -1.64. The molecule has 1 aliphatic rings. The number of aliphatic carboxylic acids is 1. The molecule has 14 heavy (non-hydrogen) atoms. The van der Waals surface area contributed by atoms with E-state index in [4.69, 9.17) is 5.11 Å². The van der Waals surface area contributed by atoms with Crippen LogP contribution in [0.2, 0.25) is 0 Å². The zero-order valence-electron chi connectivity index (χ0n) is 7.46. The highest BCUT2D eigenvalue weighted by atomic mass is 19.1. The minimum Gasteiger partial charge on any atom is -0.478 e. The van der Waals surface area contributed by atoms with Crippen molar-refractivity contribution in [1.82, 2.24) is 0 Å². The van der Waals surface area contributed by atoms with Gasteiger partial charge in [-0.15, -0.1) is 0 Å². The Balaban J connectivity index is 2.52. The maximum absolute atomic E-state index is 13.3. The third-order valence-electron chi connectivity index (χ3n) is 2.40. The molecular weight excluding hydrogens is 183 g/mol. The summed E-state index contributed by atoms with van der Waals surface area (Å²) in [4.78, 5) is 10.7. The first-order chi connectivity index (χ1) is 6.68. The van der Waals surface area contributed by atoms with Gasteiger partial charge in [-0.1, -0.05) is 12.1 Å². The summed E-state index contributed by atoms with van der Waals surface area (Å²) < 4.78 is 13.3. The van der Waals surface area contributed by atoms with E-state index < -0.39 is 5.97 Å². The van der Waals surface area contributed by atoms with E-state index in [1.54, 1.807) is 6.07 Å². The molecule has 0 saturated carbocycles. The van der Waals surface area contributed by atoms with E-state index in [2.05, 4.69) is 0 Å². The summed E-state index contributed by atoms with van der Waals surface area (Å²) >= 11 is 0. The van der Waals surface area contributed by atoms with Crippen LogP contribution in [0.3, 0.4) is 0 Å². The smallest absolute Gasteiger partial charge is 0.331 e. The van der Waals surface area contributed by atoms with Crippen molar-refractivity contribution in [3.8, 4) is 0 Å². The lowest BCUT2D eigenvalue weighted by Gasteiger charge is -2.13. The van der Waals surface area contributed by atoms with Crippen molar-refractivity contribution >= 4 is 12.0 Å². The molecule has 1 aromatic carbocycles. The van der Waals surface area contributed by atoms with Gasteiger partial charge in [0.05, 0.1) is 0 Å². The zero-order chi connectivity index (χ0) is 10.1. The fraction of sp³-hybridized carbons (Fsp3) is 0.182. The van der Waals surface area contributed by atoms with Crippen LogP contribution in [0.25, 0.3) is 6.08 Å². The minimum atomic E-state index is -0.959. The Morgan fingerprint density at radius 3 is 2.86 bits per heavy atom. The molecule has 1 N–H and O–H groups in total. The Bertz CT molecular complexity index is 421. The summed E-state index contributed by atoms with van der Waals surface area (Å²) in [5.41, 5.74) is 1.59. The standard InChI is InChI=1S/C11H9FO2/c12-10-3-1-2-7-4-5-8(11(13)14)6-9(7)10/h1-3,6H,4-5H2,(H,13,14). The summed E-state index contributed by atoms with van der Waals surface area (Å²) in [6, 6.07) is 4.82. The molecule has 0 aromatic heterocycles. The lowest BCUT2D eigenvalue weighted by molar-refractivity contribution is -0.132. The van der Waals surface area contributed by atoms with Crippen LogP contribution >= 0.6 is 0 Å².